The van der Waals surface area contributed by atoms with Crippen molar-refractivity contribution in [3.63, 3.8) is 0 Å². The summed E-state index contributed by atoms with van der Waals surface area (Å²) in [6.07, 6.45) is 8.03. The Morgan fingerprint density at radius 3 is 2.59 bits per heavy atom. The van der Waals surface area contributed by atoms with Gasteiger partial charge in [-0.1, -0.05) is 27.2 Å². The average molecular weight is 240 g/mol. The molecule has 2 heteroatoms. The van der Waals surface area contributed by atoms with E-state index < -0.39 is 0 Å². The maximum Gasteiger partial charge on any atom is 0.0108 e. The van der Waals surface area contributed by atoms with Crippen molar-refractivity contribution in [3.8, 4) is 0 Å². The van der Waals surface area contributed by atoms with Crippen molar-refractivity contribution in [3.05, 3.63) is 0 Å². The topological polar surface area (TPSA) is 15.3 Å². The zero-order valence-corrected chi connectivity index (χ0v) is 12.3. The van der Waals surface area contributed by atoms with E-state index in [2.05, 4.69) is 38.0 Å². The molecule has 0 bridgehead atoms. The van der Waals surface area contributed by atoms with Crippen LogP contribution in [0.5, 0.6) is 0 Å². The Morgan fingerprint density at radius 1 is 1.18 bits per heavy atom. The van der Waals surface area contributed by atoms with E-state index in [0.29, 0.717) is 0 Å². The summed E-state index contributed by atoms with van der Waals surface area (Å²) in [5, 5.41) is 3.51. The van der Waals surface area contributed by atoms with E-state index in [0.717, 1.165) is 18.0 Å². The summed E-state index contributed by atoms with van der Waals surface area (Å²) in [6.45, 7) is 9.47. The lowest BCUT2D eigenvalue weighted by Crippen LogP contribution is -2.41. The normalized spacial score (nSPS) is 25.6. The van der Waals surface area contributed by atoms with E-state index in [-0.39, 0.29) is 0 Å². The molecule has 3 unspecified atom stereocenters. The molecule has 1 N–H and O–H groups in total. The highest BCUT2D eigenvalue weighted by Gasteiger charge is 2.23. The molecule has 1 aliphatic rings. The molecule has 0 aromatic rings. The van der Waals surface area contributed by atoms with Crippen LogP contribution < -0.4 is 5.32 Å². The average Bonchev–Trinajstić information content (AvgIpc) is 2.63. The summed E-state index contributed by atoms with van der Waals surface area (Å²) in [5.74, 6) is 0.867. The van der Waals surface area contributed by atoms with Crippen LogP contribution in [-0.4, -0.2) is 37.1 Å². The summed E-state index contributed by atoms with van der Waals surface area (Å²) in [7, 11) is 2.35. The van der Waals surface area contributed by atoms with Crippen LogP contribution >= 0.6 is 0 Å². The van der Waals surface area contributed by atoms with E-state index in [4.69, 9.17) is 0 Å². The van der Waals surface area contributed by atoms with Gasteiger partial charge in [-0.2, -0.15) is 0 Å². The van der Waals surface area contributed by atoms with Gasteiger partial charge >= 0.3 is 0 Å². The molecule has 17 heavy (non-hydrogen) atoms. The Balaban J connectivity index is 2.48. The van der Waals surface area contributed by atoms with Crippen LogP contribution in [0.3, 0.4) is 0 Å². The van der Waals surface area contributed by atoms with Gasteiger partial charge in [0, 0.05) is 12.1 Å². The largest absolute Gasteiger partial charge is 0.317 e. The predicted octanol–water partition coefficient (Wildman–Crippen LogP) is 3.28. The number of hydrogen-bond donors (Lipinski definition) is 1. The Morgan fingerprint density at radius 2 is 1.94 bits per heavy atom. The zero-order valence-electron chi connectivity index (χ0n) is 12.3. The molecule has 1 rings (SSSR count). The summed E-state index contributed by atoms with van der Waals surface area (Å²) in [6, 6.07) is 1.59. The van der Waals surface area contributed by atoms with Gasteiger partial charge in [0.1, 0.15) is 0 Å². The van der Waals surface area contributed by atoms with Crippen LogP contribution in [-0.2, 0) is 0 Å². The molecule has 0 aromatic carbocycles. The lowest BCUT2D eigenvalue weighted by atomic mass is 9.95. The van der Waals surface area contributed by atoms with E-state index in [1.807, 2.05) is 0 Å². The van der Waals surface area contributed by atoms with Crippen molar-refractivity contribution >= 4 is 0 Å². The number of nitrogens with one attached hydrogen (secondary N) is 1. The molecule has 0 spiro atoms. The highest BCUT2D eigenvalue weighted by molar-refractivity contribution is 4.79. The fraction of sp³-hybridized carbons (Fsp3) is 1.00. The predicted molar refractivity (Wildman–Crippen MR) is 76.4 cm³/mol. The molecule has 0 radical (unpaired) electrons. The van der Waals surface area contributed by atoms with Crippen molar-refractivity contribution in [2.75, 3.05) is 20.1 Å². The first-order valence-electron chi connectivity index (χ1n) is 7.61. The molecule has 0 saturated carbocycles. The van der Waals surface area contributed by atoms with Crippen molar-refractivity contribution in [1.29, 1.82) is 0 Å². The first-order valence-corrected chi connectivity index (χ1v) is 7.61. The van der Waals surface area contributed by atoms with Crippen LogP contribution in [0.25, 0.3) is 0 Å². The second-order valence-electron chi connectivity index (χ2n) is 5.81. The third kappa shape index (κ3) is 4.97. The van der Waals surface area contributed by atoms with Crippen LogP contribution in [0.2, 0.25) is 0 Å². The minimum absolute atomic E-state index is 0.785. The molecular weight excluding hydrogens is 208 g/mol. The van der Waals surface area contributed by atoms with Gasteiger partial charge < -0.3 is 10.2 Å². The third-order valence-corrected chi connectivity index (χ3v) is 4.54. The molecular formula is C15H32N2. The van der Waals surface area contributed by atoms with Gasteiger partial charge in [0.2, 0.25) is 0 Å². The van der Waals surface area contributed by atoms with Gasteiger partial charge in [-0.05, 0) is 58.2 Å². The highest BCUT2D eigenvalue weighted by atomic mass is 15.2. The Kier molecular flexibility index (Phi) is 7.14. The molecule has 0 aliphatic carbocycles. The molecule has 102 valence electrons. The van der Waals surface area contributed by atoms with E-state index in [1.165, 1.54) is 51.6 Å². The van der Waals surface area contributed by atoms with E-state index >= 15 is 0 Å². The summed E-state index contributed by atoms with van der Waals surface area (Å²) >= 11 is 0. The third-order valence-electron chi connectivity index (χ3n) is 4.54. The molecule has 1 heterocycles. The SMILES string of the molecule is CCC(C)CC(CC)N(C)C1CCCNCC1. The molecule has 2 nitrogen and oxygen atoms in total. The number of rotatable bonds is 6. The standard InChI is InChI=1S/C15H32N2/c1-5-13(3)12-14(6-2)17(4)15-8-7-10-16-11-9-15/h13-16H,5-12H2,1-4H3. The zero-order chi connectivity index (χ0) is 12.7. The molecule has 0 amide bonds. The monoisotopic (exact) mass is 240 g/mol. The summed E-state index contributed by atoms with van der Waals surface area (Å²) in [5.41, 5.74) is 0. The summed E-state index contributed by atoms with van der Waals surface area (Å²) in [4.78, 5) is 2.68. The van der Waals surface area contributed by atoms with Crippen molar-refractivity contribution in [1.82, 2.24) is 10.2 Å². The second kappa shape index (κ2) is 8.10. The molecule has 3 atom stereocenters. The quantitative estimate of drug-likeness (QED) is 0.766. The lowest BCUT2D eigenvalue weighted by molar-refractivity contribution is 0.135. The molecule has 1 aliphatic heterocycles. The van der Waals surface area contributed by atoms with E-state index in [1.54, 1.807) is 0 Å². The Labute approximate surface area is 108 Å². The van der Waals surface area contributed by atoms with Crippen LogP contribution in [0.15, 0.2) is 0 Å². The Bertz CT molecular complexity index is 185. The van der Waals surface area contributed by atoms with Crippen LogP contribution in [0, 0.1) is 5.92 Å². The van der Waals surface area contributed by atoms with Gasteiger partial charge in [-0.25, -0.2) is 0 Å². The van der Waals surface area contributed by atoms with Gasteiger partial charge in [-0.3, -0.25) is 0 Å². The van der Waals surface area contributed by atoms with Gasteiger partial charge in [0.05, 0.1) is 0 Å². The Hall–Kier alpha value is -0.0800. The van der Waals surface area contributed by atoms with Crippen LogP contribution in [0.1, 0.15) is 59.3 Å². The van der Waals surface area contributed by atoms with Gasteiger partial charge in [-0.15, -0.1) is 0 Å². The molecule has 1 fully saturated rings. The van der Waals surface area contributed by atoms with Crippen molar-refractivity contribution < 1.29 is 0 Å². The molecule has 0 aromatic heterocycles. The fourth-order valence-corrected chi connectivity index (χ4v) is 2.96. The molecule has 1 saturated heterocycles. The maximum atomic E-state index is 3.51. The first-order chi connectivity index (χ1) is 8.19. The second-order valence-corrected chi connectivity index (χ2v) is 5.81. The van der Waals surface area contributed by atoms with Gasteiger partial charge in [0.15, 0.2) is 0 Å². The fourth-order valence-electron chi connectivity index (χ4n) is 2.96. The van der Waals surface area contributed by atoms with Crippen molar-refractivity contribution in [2.24, 2.45) is 5.92 Å². The highest BCUT2D eigenvalue weighted by Crippen LogP contribution is 2.21. The minimum Gasteiger partial charge on any atom is -0.317 e. The number of nitrogens with zero attached hydrogens (tertiary/aromatic N) is 1. The number of hydrogen-bond acceptors (Lipinski definition) is 2. The van der Waals surface area contributed by atoms with Crippen molar-refractivity contribution in [2.45, 2.75) is 71.4 Å². The lowest BCUT2D eigenvalue weighted by Gasteiger charge is -2.35. The van der Waals surface area contributed by atoms with E-state index in [9.17, 15) is 0 Å². The van der Waals surface area contributed by atoms with Crippen LogP contribution in [0.4, 0.5) is 0 Å². The summed E-state index contributed by atoms with van der Waals surface area (Å²) < 4.78 is 0. The van der Waals surface area contributed by atoms with Gasteiger partial charge in [0.25, 0.3) is 0 Å². The minimum atomic E-state index is 0.785. The smallest absolute Gasteiger partial charge is 0.0108 e. The first kappa shape index (κ1) is 15.0. The maximum absolute atomic E-state index is 3.51.